The maximum absolute atomic E-state index is 12.5. The number of hydrogen-bond acceptors (Lipinski definition) is 6. The number of carbonyl (C=O) groups excluding carboxylic acids is 1. The van der Waals surface area contributed by atoms with Crippen LogP contribution in [0.15, 0.2) is 53.4 Å². The third-order valence-electron chi connectivity index (χ3n) is 3.71. The number of sulfonamides is 1. The molecular formula is C19H20N2O4S2. The van der Waals surface area contributed by atoms with Crippen LogP contribution in [0, 0.1) is 0 Å². The molecule has 1 N–H and O–H groups in total. The van der Waals surface area contributed by atoms with Gasteiger partial charge in [-0.1, -0.05) is 18.2 Å². The smallest absolute Gasteiger partial charge is 0.338 e. The zero-order valence-corrected chi connectivity index (χ0v) is 16.8. The summed E-state index contributed by atoms with van der Waals surface area (Å²) in [5, 5.41) is 0.690. The number of rotatable bonds is 6. The van der Waals surface area contributed by atoms with Gasteiger partial charge in [-0.2, -0.15) is 0 Å². The minimum atomic E-state index is -3.68. The first-order chi connectivity index (χ1) is 12.8. The molecule has 3 rings (SSSR count). The fourth-order valence-corrected chi connectivity index (χ4v) is 4.76. The highest BCUT2D eigenvalue weighted by atomic mass is 32.2. The van der Waals surface area contributed by atoms with E-state index < -0.39 is 22.1 Å². The standard InChI is InChI=1S/C19H20N2O4S2/c1-12(2)21-27(23,24)15-8-6-7-14(11-15)19(22)25-13(3)18-20-16-9-4-5-10-17(16)26-18/h4-13,21H,1-3H3. The van der Waals surface area contributed by atoms with E-state index >= 15 is 0 Å². The van der Waals surface area contributed by atoms with E-state index in [4.69, 9.17) is 4.74 Å². The highest BCUT2D eigenvalue weighted by Gasteiger charge is 2.20. The molecule has 0 radical (unpaired) electrons. The van der Waals surface area contributed by atoms with E-state index in [1.54, 1.807) is 20.8 Å². The van der Waals surface area contributed by atoms with Crippen molar-refractivity contribution in [2.24, 2.45) is 0 Å². The lowest BCUT2D eigenvalue weighted by Gasteiger charge is -2.12. The molecule has 0 spiro atoms. The molecule has 0 aliphatic carbocycles. The molecule has 142 valence electrons. The van der Waals surface area contributed by atoms with Crippen LogP contribution in [-0.2, 0) is 14.8 Å². The molecule has 0 saturated heterocycles. The highest BCUT2D eigenvalue weighted by Crippen LogP contribution is 2.28. The molecular weight excluding hydrogens is 384 g/mol. The lowest BCUT2D eigenvalue weighted by atomic mass is 10.2. The number of ether oxygens (including phenoxy) is 1. The van der Waals surface area contributed by atoms with E-state index in [0.717, 1.165) is 10.2 Å². The maximum atomic E-state index is 12.5. The maximum Gasteiger partial charge on any atom is 0.338 e. The fourth-order valence-electron chi connectivity index (χ4n) is 2.51. The van der Waals surface area contributed by atoms with E-state index in [1.165, 1.54) is 35.6 Å². The summed E-state index contributed by atoms with van der Waals surface area (Å²) >= 11 is 1.46. The molecule has 1 heterocycles. The summed E-state index contributed by atoms with van der Waals surface area (Å²) in [6, 6.07) is 13.3. The molecule has 0 aliphatic rings. The molecule has 1 unspecified atom stereocenters. The lowest BCUT2D eigenvalue weighted by Crippen LogP contribution is -2.30. The van der Waals surface area contributed by atoms with Gasteiger partial charge in [0.15, 0.2) is 6.10 Å². The Bertz CT molecular complexity index is 1040. The minimum absolute atomic E-state index is 0.0262. The third kappa shape index (κ3) is 4.52. The molecule has 0 bridgehead atoms. The zero-order valence-electron chi connectivity index (χ0n) is 15.2. The predicted molar refractivity (Wildman–Crippen MR) is 105 cm³/mol. The number of benzene rings is 2. The van der Waals surface area contributed by atoms with Gasteiger partial charge in [-0.15, -0.1) is 11.3 Å². The van der Waals surface area contributed by atoms with Gasteiger partial charge in [0.2, 0.25) is 10.0 Å². The van der Waals surface area contributed by atoms with Crippen LogP contribution in [0.2, 0.25) is 0 Å². The van der Waals surface area contributed by atoms with Crippen LogP contribution < -0.4 is 4.72 Å². The Morgan fingerprint density at radius 1 is 1.11 bits per heavy atom. The summed E-state index contributed by atoms with van der Waals surface area (Å²) in [5.41, 5.74) is 1.03. The Balaban J connectivity index is 1.78. The topological polar surface area (TPSA) is 85.4 Å². The van der Waals surface area contributed by atoms with Crippen molar-refractivity contribution in [1.29, 1.82) is 0 Å². The average molecular weight is 405 g/mol. The van der Waals surface area contributed by atoms with Gasteiger partial charge in [-0.05, 0) is 51.1 Å². The number of carbonyl (C=O) groups is 1. The predicted octanol–water partition coefficient (Wildman–Crippen LogP) is 3.90. The van der Waals surface area contributed by atoms with E-state index in [2.05, 4.69) is 9.71 Å². The second kappa shape index (κ2) is 7.75. The van der Waals surface area contributed by atoms with Crippen molar-refractivity contribution in [3.05, 3.63) is 59.1 Å². The Morgan fingerprint density at radius 3 is 2.56 bits per heavy atom. The van der Waals surface area contributed by atoms with Crippen molar-refractivity contribution in [2.45, 2.75) is 37.8 Å². The van der Waals surface area contributed by atoms with Gasteiger partial charge in [0, 0.05) is 6.04 Å². The highest BCUT2D eigenvalue weighted by molar-refractivity contribution is 7.89. The Morgan fingerprint density at radius 2 is 1.85 bits per heavy atom. The average Bonchev–Trinajstić information content (AvgIpc) is 3.05. The number of aromatic nitrogens is 1. The number of para-hydroxylation sites is 1. The van der Waals surface area contributed by atoms with Crippen LogP contribution in [-0.4, -0.2) is 25.4 Å². The Labute approximate surface area is 162 Å². The molecule has 1 atom stereocenters. The molecule has 0 aliphatic heterocycles. The number of fused-ring (bicyclic) bond motifs is 1. The van der Waals surface area contributed by atoms with Crippen molar-refractivity contribution in [3.8, 4) is 0 Å². The summed E-state index contributed by atoms with van der Waals surface area (Å²) in [6.07, 6.45) is -0.538. The first kappa shape index (κ1) is 19.5. The van der Waals surface area contributed by atoms with E-state index in [-0.39, 0.29) is 16.5 Å². The van der Waals surface area contributed by atoms with Gasteiger partial charge in [0.05, 0.1) is 20.7 Å². The van der Waals surface area contributed by atoms with Gasteiger partial charge in [0.1, 0.15) is 5.01 Å². The van der Waals surface area contributed by atoms with Crippen molar-refractivity contribution in [2.75, 3.05) is 0 Å². The number of esters is 1. The molecule has 6 nitrogen and oxygen atoms in total. The molecule has 0 saturated carbocycles. The second-order valence-corrected chi connectivity index (χ2v) is 9.15. The van der Waals surface area contributed by atoms with E-state index in [9.17, 15) is 13.2 Å². The quantitative estimate of drug-likeness (QED) is 0.630. The van der Waals surface area contributed by atoms with Gasteiger partial charge in [-0.3, -0.25) is 0 Å². The molecule has 0 amide bonds. The summed E-state index contributed by atoms with van der Waals surface area (Å²) in [4.78, 5) is 17.0. The van der Waals surface area contributed by atoms with Crippen LogP contribution in [0.4, 0.5) is 0 Å². The van der Waals surface area contributed by atoms with Crippen LogP contribution in [0.3, 0.4) is 0 Å². The van der Waals surface area contributed by atoms with Crippen LogP contribution in [0.25, 0.3) is 10.2 Å². The number of nitrogens with one attached hydrogen (secondary N) is 1. The molecule has 27 heavy (non-hydrogen) atoms. The monoisotopic (exact) mass is 404 g/mol. The van der Waals surface area contributed by atoms with Crippen molar-refractivity contribution < 1.29 is 17.9 Å². The van der Waals surface area contributed by atoms with E-state index in [1.807, 2.05) is 24.3 Å². The number of hydrogen-bond donors (Lipinski definition) is 1. The van der Waals surface area contributed by atoms with Crippen molar-refractivity contribution in [1.82, 2.24) is 9.71 Å². The Hall–Kier alpha value is -2.29. The van der Waals surface area contributed by atoms with E-state index in [0.29, 0.717) is 5.01 Å². The van der Waals surface area contributed by atoms with Gasteiger partial charge in [-0.25, -0.2) is 22.9 Å². The SMILES string of the molecule is CC(C)NS(=O)(=O)c1cccc(C(=O)OC(C)c2nc3ccccc3s2)c1. The molecule has 1 aromatic heterocycles. The number of thiazole rings is 1. The van der Waals surface area contributed by atoms with Gasteiger partial charge in [0.25, 0.3) is 0 Å². The molecule has 3 aromatic rings. The largest absolute Gasteiger partial charge is 0.452 e. The summed E-state index contributed by atoms with van der Waals surface area (Å²) in [6.45, 7) is 5.21. The third-order valence-corrected chi connectivity index (χ3v) is 6.57. The second-order valence-electron chi connectivity index (χ2n) is 6.37. The normalized spacial score (nSPS) is 13.0. The van der Waals surface area contributed by atoms with Crippen LogP contribution >= 0.6 is 11.3 Å². The van der Waals surface area contributed by atoms with Crippen LogP contribution in [0.5, 0.6) is 0 Å². The summed E-state index contributed by atoms with van der Waals surface area (Å²) in [5.74, 6) is -0.594. The van der Waals surface area contributed by atoms with Crippen LogP contribution in [0.1, 0.15) is 42.2 Å². The fraction of sp³-hybridized carbons (Fsp3) is 0.263. The number of nitrogens with zero attached hydrogens (tertiary/aromatic N) is 1. The summed E-state index contributed by atoms with van der Waals surface area (Å²) in [7, 11) is -3.68. The molecule has 0 fully saturated rings. The first-order valence-electron chi connectivity index (χ1n) is 8.45. The Kier molecular flexibility index (Phi) is 5.59. The first-order valence-corrected chi connectivity index (χ1v) is 10.7. The van der Waals surface area contributed by atoms with Gasteiger partial charge < -0.3 is 4.74 Å². The molecule has 8 heteroatoms. The van der Waals surface area contributed by atoms with Crippen molar-refractivity contribution >= 4 is 37.5 Å². The van der Waals surface area contributed by atoms with Gasteiger partial charge >= 0.3 is 5.97 Å². The minimum Gasteiger partial charge on any atom is -0.452 e. The zero-order chi connectivity index (χ0) is 19.6. The molecule has 2 aromatic carbocycles. The summed E-state index contributed by atoms with van der Waals surface area (Å²) < 4.78 is 33.6. The van der Waals surface area contributed by atoms with Crippen molar-refractivity contribution in [3.63, 3.8) is 0 Å². The lowest BCUT2D eigenvalue weighted by molar-refractivity contribution is 0.0337.